The molecule has 4 bridgehead atoms. The van der Waals surface area contributed by atoms with Crippen molar-refractivity contribution < 1.29 is 56.3 Å². The van der Waals surface area contributed by atoms with E-state index in [1.54, 1.807) is 37.3 Å². The van der Waals surface area contributed by atoms with Crippen molar-refractivity contribution in [2.45, 2.75) is 88.4 Å². The largest absolute Gasteiger partial charge is 0.495 e. The highest BCUT2D eigenvalue weighted by Gasteiger charge is 2.64. The summed E-state index contributed by atoms with van der Waals surface area (Å²) in [5.74, 6) is -2.60. The Morgan fingerprint density at radius 1 is 1.26 bits per heavy atom. The van der Waals surface area contributed by atoms with Crippen LogP contribution >= 0.6 is 11.6 Å². The number of ether oxygens (including phenoxy) is 5. The van der Waals surface area contributed by atoms with Gasteiger partial charge in [0.15, 0.2) is 5.72 Å². The fourth-order valence-corrected chi connectivity index (χ4v) is 6.28. The molecule has 0 aromatic heterocycles. The number of aliphatic hydroxyl groups is 1. The van der Waals surface area contributed by atoms with Crippen molar-refractivity contribution in [1.29, 1.82) is 0 Å². The predicted molar refractivity (Wildman–Crippen MR) is 159 cm³/mol. The lowest BCUT2D eigenvalue weighted by molar-refractivity contribution is -0.178. The van der Waals surface area contributed by atoms with E-state index in [0.717, 1.165) is 11.1 Å². The van der Waals surface area contributed by atoms with Crippen molar-refractivity contribution in [2.24, 2.45) is 5.92 Å². The molecule has 0 radical (unpaired) electrons. The van der Waals surface area contributed by atoms with Gasteiger partial charge in [0.05, 0.1) is 25.3 Å². The second-order valence-corrected chi connectivity index (χ2v) is 12.4. The first kappa shape index (κ1) is 35.5. The van der Waals surface area contributed by atoms with Crippen LogP contribution in [0.5, 0.6) is 5.75 Å². The average Bonchev–Trinajstić information content (AvgIpc) is 3.65. The van der Waals surface area contributed by atoms with Crippen molar-refractivity contribution in [3.8, 4) is 5.75 Å². The summed E-state index contributed by atoms with van der Waals surface area (Å²) in [5, 5.41) is 14.1. The molecule has 4 rings (SSSR count). The van der Waals surface area contributed by atoms with E-state index in [2.05, 4.69) is 5.32 Å². The van der Waals surface area contributed by atoms with Gasteiger partial charge in [0.2, 0.25) is 5.91 Å². The number of allylic oxidation sites excluding steroid dienone is 3. The molecule has 2 fully saturated rings. The number of alkyl halides is 3. The van der Waals surface area contributed by atoms with Gasteiger partial charge in [-0.25, -0.2) is 4.79 Å². The standard InChI is InChI=1S/C31H38ClF3N2O9/c1-16-8-7-9-22(43-6)30(41)14-21(44-28(40)36-30)17(2)27-29(3,46-27)23(45-25(39)15-31(33,34)35)13-24(38)37(4)19-11-18(10-16)12-20(42-5)26(19)32/h7-9,11-12,17,21-23,27,41H,10,13-15H2,1-6H3,(H,36,40)/b9-7+,16-8+/t17-,21+,22-,23+,27+,29+,30+/m1/s1. The zero-order chi connectivity index (χ0) is 34.2. The first-order chi connectivity index (χ1) is 21.4. The molecular formula is C31H38ClF3N2O9. The van der Waals surface area contributed by atoms with E-state index in [0.29, 0.717) is 6.42 Å². The summed E-state index contributed by atoms with van der Waals surface area (Å²) < 4.78 is 66.9. The summed E-state index contributed by atoms with van der Waals surface area (Å²) in [6.07, 6.45) is -7.15. The SMILES string of the molecule is COc1cc2cc(c1Cl)N(C)C(=O)C[C@H](OC(=O)CC(F)(F)F)[C@]1(C)O[C@H]1[C@H](C)[C@@H]1C[C@@](O)(NC(=O)O1)[C@H](OC)/C=C/C=C(\C)C2. The van der Waals surface area contributed by atoms with Gasteiger partial charge in [0.1, 0.15) is 41.1 Å². The van der Waals surface area contributed by atoms with Gasteiger partial charge >= 0.3 is 18.2 Å². The van der Waals surface area contributed by atoms with E-state index in [1.165, 1.54) is 33.1 Å². The summed E-state index contributed by atoms with van der Waals surface area (Å²) in [6.45, 7) is 5.02. The minimum absolute atomic E-state index is 0.123. The van der Waals surface area contributed by atoms with E-state index < -0.39 is 78.6 Å². The Bertz CT molecular complexity index is 1420. The number of anilines is 1. The molecule has 1 aromatic carbocycles. The average molecular weight is 675 g/mol. The smallest absolute Gasteiger partial charge is 0.409 e. The number of rotatable bonds is 4. The molecule has 46 heavy (non-hydrogen) atoms. The molecule has 254 valence electrons. The summed E-state index contributed by atoms with van der Waals surface area (Å²) in [6, 6.07) is 3.39. The van der Waals surface area contributed by atoms with E-state index in [9.17, 15) is 32.7 Å². The van der Waals surface area contributed by atoms with Crippen molar-refractivity contribution in [3.05, 3.63) is 46.5 Å². The van der Waals surface area contributed by atoms with Crippen LogP contribution in [0.2, 0.25) is 5.02 Å². The molecule has 0 unspecified atom stereocenters. The molecule has 1 aromatic rings. The summed E-state index contributed by atoms with van der Waals surface area (Å²) in [4.78, 5) is 39.9. The minimum atomic E-state index is -4.85. The van der Waals surface area contributed by atoms with Crippen LogP contribution in [0.25, 0.3) is 0 Å². The van der Waals surface area contributed by atoms with Gasteiger partial charge in [-0.15, -0.1) is 0 Å². The Labute approximate surface area is 269 Å². The van der Waals surface area contributed by atoms with Crippen LogP contribution in [-0.4, -0.2) is 86.3 Å². The second-order valence-electron chi connectivity index (χ2n) is 12.1. The van der Waals surface area contributed by atoms with Crippen LogP contribution in [0.1, 0.15) is 45.6 Å². The number of carbonyl (C=O) groups excluding carboxylic acids is 3. The Morgan fingerprint density at radius 2 is 1.96 bits per heavy atom. The monoisotopic (exact) mass is 674 g/mol. The van der Waals surface area contributed by atoms with Crippen molar-refractivity contribution in [2.75, 3.05) is 26.2 Å². The Hall–Kier alpha value is -3.33. The highest BCUT2D eigenvalue weighted by molar-refractivity contribution is 6.35. The van der Waals surface area contributed by atoms with Crippen LogP contribution in [0.15, 0.2) is 35.9 Å². The van der Waals surface area contributed by atoms with Crippen molar-refractivity contribution >= 4 is 35.3 Å². The van der Waals surface area contributed by atoms with Gasteiger partial charge in [0, 0.05) is 26.5 Å². The number of amides is 2. The number of alkyl carbamates (subject to hydrolysis) is 1. The van der Waals surface area contributed by atoms with E-state index in [-0.39, 0.29) is 22.9 Å². The number of nitrogens with one attached hydrogen (secondary N) is 1. The van der Waals surface area contributed by atoms with E-state index >= 15 is 0 Å². The van der Waals surface area contributed by atoms with Crippen LogP contribution in [0.3, 0.4) is 0 Å². The number of carbonyl (C=O) groups is 3. The quantitative estimate of drug-likeness (QED) is 0.346. The molecular weight excluding hydrogens is 637 g/mol. The molecule has 0 saturated carbocycles. The number of epoxide rings is 1. The predicted octanol–water partition coefficient (Wildman–Crippen LogP) is 4.62. The maximum atomic E-state index is 13.7. The molecule has 7 atom stereocenters. The van der Waals surface area contributed by atoms with Gasteiger partial charge < -0.3 is 33.7 Å². The number of fused-ring (bicyclic) bond motifs is 5. The summed E-state index contributed by atoms with van der Waals surface area (Å²) in [5.41, 5.74) is -1.49. The molecule has 15 heteroatoms. The molecule has 3 heterocycles. The molecule has 0 spiro atoms. The third-order valence-corrected chi connectivity index (χ3v) is 8.95. The molecule has 3 aliphatic rings. The zero-order valence-corrected chi connectivity index (χ0v) is 27.0. The van der Waals surface area contributed by atoms with Crippen molar-refractivity contribution in [3.63, 3.8) is 0 Å². The Balaban J connectivity index is 1.79. The van der Waals surface area contributed by atoms with Gasteiger partial charge in [-0.05, 0) is 38.0 Å². The highest BCUT2D eigenvalue weighted by atomic mass is 35.5. The Kier molecular flexibility index (Phi) is 10.4. The van der Waals surface area contributed by atoms with Gasteiger partial charge in [-0.3, -0.25) is 14.9 Å². The number of benzene rings is 1. The van der Waals surface area contributed by atoms with Crippen LogP contribution < -0.4 is 15.0 Å². The summed E-state index contributed by atoms with van der Waals surface area (Å²) >= 11 is 6.59. The number of hydrogen-bond donors (Lipinski definition) is 2. The molecule has 0 aliphatic carbocycles. The molecule has 2 N–H and O–H groups in total. The molecule has 2 saturated heterocycles. The Morgan fingerprint density at radius 3 is 2.59 bits per heavy atom. The third kappa shape index (κ3) is 7.79. The fourth-order valence-electron chi connectivity index (χ4n) is 5.97. The molecule has 3 aliphatic heterocycles. The number of esters is 1. The highest BCUT2D eigenvalue weighted by Crippen LogP contribution is 2.49. The lowest BCUT2D eigenvalue weighted by Crippen LogP contribution is -2.63. The van der Waals surface area contributed by atoms with Crippen LogP contribution in [0, 0.1) is 5.92 Å². The van der Waals surface area contributed by atoms with E-state index in [4.69, 9.17) is 35.3 Å². The molecule has 11 nitrogen and oxygen atoms in total. The first-order valence-corrected chi connectivity index (χ1v) is 14.9. The van der Waals surface area contributed by atoms with E-state index in [1.807, 2.05) is 6.92 Å². The number of hydrogen-bond acceptors (Lipinski definition) is 9. The van der Waals surface area contributed by atoms with Gasteiger partial charge in [0.25, 0.3) is 0 Å². The van der Waals surface area contributed by atoms with Gasteiger partial charge in [-0.2, -0.15) is 13.2 Å². The van der Waals surface area contributed by atoms with Crippen LogP contribution in [0.4, 0.5) is 23.7 Å². The maximum absolute atomic E-state index is 13.7. The first-order valence-electron chi connectivity index (χ1n) is 14.6. The van der Waals surface area contributed by atoms with Gasteiger partial charge in [-0.1, -0.05) is 42.3 Å². The zero-order valence-electron chi connectivity index (χ0n) is 26.3. The third-order valence-electron chi connectivity index (χ3n) is 8.57. The maximum Gasteiger partial charge on any atom is 0.409 e. The lowest BCUT2D eigenvalue weighted by atomic mass is 9.83. The van der Waals surface area contributed by atoms with Crippen LogP contribution in [-0.2, 0) is 35.0 Å². The minimum Gasteiger partial charge on any atom is -0.495 e. The number of halogens is 4. The number of nitrogens with zero attached hydrogens (tertiary/aromatic N) is 1. The lowest BCUT2D eigenvalue weighted by Gasteiger charge is -2.42. The normalized spacial score (nSPS) is 33.9. The molecule has 2 amide bonds. The number of methoxy groups -OCH3 is 2. The topological polar surface area (TPSA) is 136 Å². The fraction of sp³-hybridized carbons (Fsp3) is 0.581. The summed E-state index contributed by atoms with van der Waals surface area (Å²) in [7, 11) is 4.22. The second kappa shape index (κ2) is 13.4. The van der Waals surface area contributed by atoms with Crippen molar-refractivity contribution in [1.82, 2.24) is 5.32 Å².